The third kappa shape index (κ3) is 1.96. The zero-order chi connectivity index (χ0) is 11.5. The van der Waals surface area contributed by atoms with Crippen LogP contribution in [0.2, 0.25) is 0 Å². The predicted octanol–water partition coefficient (Wildman–Crippen LogP) is 1.65. The number of cyclic esters (lactones) is 1. The molecule has 1 aromatic rings. The van der Waals surface area contributed by atoms with Crippen LogP contribution in [0.4, 0.5) is 9.18 Å². The topological polar surface area (TPSA) is 53.3 Å². The van der Waals surface area contributed by atoms with Crippen LogP contribution in [-0.2, 0) is 11.3 Å². The quantitative estimate of drug-likeness (QED) is 0.761. The lowest BCUT2D eigenvalue weighted by Crippen LogP contribution is -2.23. The second kappa shape index (κ2) is 4.19. The summed E-state index contributed by atoms with van der Waals surface area (Å²) in [5, 5.41) is 8.66. The Morgan fingerprint density at radius 2 is 2.38 bits per heavy atom. The van der Waals surface area contributed by atoms with Crippen LogP contribution >= 0.6 is 0 Å². The van der Waals surface area contributed by atoms with E-state index < -0.39 is 5.82 Å². The molecule has 2 rings (SSSR count). The average Bonchev–Trinajstić information content (AvgIpc) is 2.67. The molecule has 1 saturated heterocycles. The van der Waals surface area contributed by atoms with Gasteiger partial charge in [0.25, 0.3) is 0 Å². The number of nitrogens with zero attached hydrogens (tertiary/aromatic N) is 2. The van der Waals surface area contributed by atoms with E-state index in [9.17, 15) is 9.18 Å². The fourth-order valence-electron chi connectivity index (χ4n) is 1.55. The minimum absolute atomic E-state index is 0.00920. The first-order valence-electron chi connectivity index (χ1n) is 4.81. The summed E-state index contributed by atoms with van der Waals surface area (Å²) < 4.78 is 17.8. The molecule has 0 aromatic heterocycles. The van der Waals surface area contributed by atoms with Gasteiger partial charge >= 0.3 is 6.09 Å². The highest BCUT2D eigenvalue weighted by molar-refractivity contribution is 5.69. The first-order valence-corrected chi connectivity index (χ1v) is 4.81. The maximum atomic E-state index is 13.0. The fourth-order valence-corrected chi connectivity index (χ4v) is 1.55. The van der Waals surface area contributed by atoms with Crippen LogP contribution < -0.4 is 0 Å². The zero-order valence-electron chi connectivity index (χ0n) is 8.44. The van der Waals surface area contributed by atoms with E-state index in [0.717, 1.165) is 5.56 Å². The number of hydrogen-bond acceptors (Lipinski definition) is 3. The summed E-state index contributed by atoms with van der Waals surface area (Å²) in [5.74, 6) is -0.546. The van der Waals surface area contributed by atoms with Crippen LogP contribution in [0, 0.1) is 17.1 Å². The molecule has 0 saturated carbocycles. The highest BCUT2D eigenvalue weighted by atomic mass is 19.1. The molecule has 0 bridgehead atoms. The molecule has 1 aliphatic rings. The van der Waals surface area contributed by atoms with Crippen molar-refractivity contribution >= 4 is 6.09 Å². The SMILES string of the molecule is N#Cc1cc(CN2CCOC2=O)ccc1F. The predicted molar refractivity (Wildman–Crippen MR) is 52.9 cm³/mol. The molecule has 0 unspecified atom stereocenters. The smallest absolute Gasteiger partial charge is 0.410 e. The van der Waals surface area contributed by atoms with E-state index in [4.69, 9.17) is 10.00 Å². The third-order valence-corrected chi connectivity index (χ3v) is 2.37. The van der Waals surface area contributed by atoms with E-state index in [0.29, 0.717) is 19.7 Å². The van der Waals surface area contributed by atoms with Gasteiger partial charge in [-0.3, -0.25) is 0 Å². The van der Waals surface area contributed by atoms with Gasteiger partial charge in [-0.2, -0.15) is 5.26 Å². The molecule has 16 heavy (non-hydrogen) atoms. The van der Waals surface area contributed by atoms with E-state index in [2.05, 4.69) is 0 Å². The lowest BCUT2D eigenvalue weighted by Gasteiger charge is -2.12. The molecule has 0 spiro atoms. The van der Waals surface area contributed by atoms with Crippen LogP contribution in [-0.4, -0.2) is 24.1 Å². The van der Waals surface area contributed by atoms with Crippen molar-refractivity contribution in [2.24, 2.45) is 0 Å². The van der Waals surface area contributed by atoms with Crippen LogP contribution in [0.3, 0.4) is 0 Å². The van der Waals surface area contributed by atoms with Crippen LogP contribution in [0.15, 0.2) is 18.2 Å². The molecular formula is C11H9FN2O2. The fraction of sp³-hybridized carbons (Fsp3) is 0.273. The van der Waals surface area contributed by atoms with E-state index in [1.54, 1.807) is 12.1 Å². The Bertz CT molecular complexity index is 468. The molecule has 1 amide bonds. The summed E-state index contributed by atoms with van der Waals surface area (Å²) in [6.07, 6.45) is -0.372. The molecule has 0 aliphatic carbocycles. The number of carbonyl (C=O) groups excluding carboxylic acids is 1. The highest BCUT2D eigenvalue weighted by Crippen LogP contribution is 2.14. The van der Waals surface area contributed by atoms with Crippen molar-refractivity contribution in [3.8, 4) is 6.07 Å². The summed E-state index contributed by atoms with van der Waals surface area (Å²) >= 11 is 0. The molecule has 4 nitrogen and oxygen atoms in total. The van der Waals surface area contributed by atoms with Crippen molar-refractivity contribution in [3.05, 3.63) is 35.1 Å². The minimum atomic E-state index is -0.546. The molecule has 0 radical (unpaired) electrons. The normalized spacial score (nSPS) is 14.8. The molecule has 5 heteroatoms. The Hall–Kier alpha value is -2.09. The largest absolute Gasteiger partial charge is 0.448 e. The number of nitriles is 1. The summed E-state index contributed by atoms with van der Waals surface area (Å²) in [5.41, 5.74) is 0.710. The van der Waals surface area contributed by atoms with Crippen LogP contribution in [0.1, 0.15) is 11.1 Å². The minimum Gasteiger partial charge on any atom is -0.448 e. The van der Waals surface area contributed by atoms with Crippen LogP contribution in [0.25, 0.3) is 0 Å². The van der Waals surface area contributed by atoms with Crippen molar-refractivity contribution in [2.45, 2.75) is 6.54 Å². The lowest BCUT2D eigenvalue weighted by atomic mass is 10.1. The van der Waals surface area contributed by atoms with Gasteiger partial charge < -0.3 is 9.64 Å². The van der Waals surface area contributed by atoms with E-state index in [1.165, 1.54) is 17.0 Å². The summed E-state index contributed by atoms with van der Waals surface area (Å²) in [4.78, 5) is 12.7. The number of amides is 1. The van der Waals surface area contributed by atoms with Gasteiger partial charge in [-0.1, -0.05) is 6.07 Å². The van der Waals surface area contributed by atoms with Crippen molar-refractivity contribution < 1.29 is 13.9 Å². The Morgan fingerprint density at radius 3 is 3.00 bits per heavy atom. The van der Waals surface area contributed by atoms with Gasteiger partial charge in [0.15, 0.2) is 0 Å². The molecule has 1 fully saturated rings. The molecule has 1 heterocycles. The van der Waals surface area contributed by atoms with E-state index in [-0.39, 0.29) is 11.7 Å². The van der Waals surface area contributed by atoms with Crippen molar-refractivity contribution in [1.82, 2.24) is 4.90 Å². The molecule has 82 valence electrons. The van der Waals surface area contributed by atoms with E-state index >= 15 is 0 Å². The summed E-state index contributed by atoms with van der Waals surface area (Å²) in [7, 11) is 0. The Morgan fingerprint density at radius 1 is 1.56 bits per heavy atom. The Balaban J connectivity index is 2.16. The van der Waals surface area contributed by atoms with Gasteiger partial charge in [0.2, 0.25) is 0 Å². The van der Waals surface area contributed by atoms with Crippen molar-refractivity contribution in [2.75, 3.05) is 13.2 Å². The van der Waals surface area contributed by atoms with Gasteiger partial charge in [0, 0.05) is 6.54 Å². The number of hydrogen-bond donors (Lipinski definition) is 0. The maximum Gasteiger partial charge on any atom is 0.410 e. The second-order valence-corrected chi connectivity index (χ2v) is 3.46. The van der Waals surface area contributed by atoms with Gasteiger partial charge in [-0.05, 0) is 17.7 Å². The first-order chi connectivity index (χ1) is 7.70. The van der Waals surface area contributed by atoms with Crippen molar-refractivity contribution in [1.29, 1.82) is 5.26 Å². The maximum absolute atomic E-state index is 13.0. The zero-order valence-corrected chi connectivity index (χ0v) is 8.44. The third-order valence-electron chi connectivity index (χ3n) is 2.37. The average molecular weight is 220 g/mol. The van der Waals surface area contributed by atoms with Crippen LogP contribution in [0.5, 0.6) is 0 Å². The van der Waals surface area contributed by atoms with Crippen molar-refractivity contribution in [3.63, 3.8) is 0 Å². The highest BCUT2D eigenvalue weighted by Gasteiger charge is 2.21. The van der Waals surface area contributed by atoms with Gasteiger partial charge in [-0.25, -0.2) is 9.18 Å². The van der Waals surface area contributed by atoms with Gasteiger partial charge in [0.1, 0.15) is 18.5 Å². The number of benzene rings is 1. The number of halogens is 1. The standard InChI is InChI=1S/C11H9FN2O2/c12-10-2-1-8(5-9(10)6-13)7-14-3-4-16-11(14)15/h1-2,5H,3-4,7H2. The Kier molecular flexibility index (Phi) is 2.73. The molecule has 0 N–H and O–H groups in total. The lowest BCUT2D eigenvalue weighted by molar-refractivity contribution is 0.157. The summed E-state index contributed by atoms with van der Waals surface area (Å²) in [6.45, 7) is 1.25. The summed E-state index contributed by atoms with van der Waals surface area (Å²) in [6, 6.07) is 6.00. The second-order valence-electron chi connectivity index (χ2n) is 3.46. The number of rotatable bonds is 2. The molecule has 1 aromatic carbocycles. The molecule has 0 atom stereocenters. The molecule has 1 aliphatic heterocycles. The monoisotopic (exact) mass is 220 g/mol. The number of ether oxygens (including phenoxy) is 1. The van der Waals surface area contributed by atoms with E-state index in [1.807, 2.05) is 0 Å². The van der Waals surface area contributed by atoms with Gasteiger partial charge in [-0.15, -0.1) is 0 Å². The van der Waals surface area contributed by atoms with Gasteiger partial charge in [0.05, 0.1) is 12.1 Å². The Labute approximate surface area is 91.8 Å². The first kappa shape index (κ1) is 10.4. The number of carbonyl (C=O) groups is 1. The molecular weight excluding hydrogens is 211 g/mol.